The predicted molar refractivity (Wildman–Crippen MR) is 50.0 cm³/mol. The second-order valence-corrected chi connectivity index (χ2v) is 4.46. The lowest BCUT2D eigenvalue weighted by molar-refractivity contribution is 0.0390. The summed E-state index contributed by atoms with van der Waals surface area (Å²) >= 11 is 0. The normalized spacial score (nSPS) is 32.0. The molecule has 0 saturated carbocycles. The summed E-state index contributed by atoms with van der Waals surface area (Å²) in [5.41, 5.74) is 0.325. The quantitative estimate of drug-likeness (QED) is 0.606. The van der Waals surface area contributed by atoms with Gasteiger partial charge in [-0.25, -0.2) is 0 Å². The van der Waals surface area contributed by atoms with Gasteiger partial charge in [-0.15, -0.1) is 0 Å². The van der Waals surface area contributed by atoms with E-state index in [2.05, 4.69) is 31.4 Å². The summed E-state index contributed by atoms with van der Waals surface area (Å²) in [7, 11) is 1.73. The van der Waals surface area contributed by atoms with Gasteiger partial charge in [0.05, 0.1) is 0 Å². The van der Waals surface area contributed by atoms with Gasteiger partial charge in [0.25, 0.3) is 0 Å². The molecule has 0 amide bonds. The topological polar surface area (TPSA) is 33.3 Å². The first kappa shape index (κ1) is 9.96. The summed E-state index contributed by atoms with van der Waals surface area (Å²) in [6, 6.07) is 0.545. The summed E-state index contributed by atoms with van der Waals surface area (Å²) < 4.78 is 5.18. The monoisotopic (exact) mass is 172 g/mol. The molecule has 1 aliphatic rings. The second-order valence-electron chi connectivity index (χ2n) is 4.46. The minimum Gasteiger partial charge on any atom is -0.365 e. The van der Waals surface area contributed by atoms with Crippen molar-refractivity contribution in [1.29, 1.82) is 0 Å². The fraction of sp³-hybridized carbons (Fsp3) is 1.00. The number of hydrogen-bond acceptors (Lipinski definition) is 3. The molecular formula is C9H20N2O. The van der Waals surface area contributed by atoms with E-state index in [1.807, 2.05) is 0 Å². The van der Waals surface area contributed by atoms with Crippen molar-refractivity contribution in [2.45, 2.75) is 33.0 Å². The Labute approximate surface area is 74.9 Å². The van der Waals surface area contributed by atoms with E-state index in [0.717, 1.165) is 13.1 Å². The number of hydrogen-bond donors (Lipinski definition) is 2. The molecular weight excluding hydrogens is 152 g/mol. The number of nitrogens with one attached hydrogen (secondary N) is 2. The van der Waals surface area contributed by atoms with Crippen molar-refractivity contribution in [2.75, 3.05) is 20.2 Å². The molecule has 0 aliphatic carbocycles. The van der Waals surface area contributed by atoms with Crippen molar-refractivity contribution < 1.29 is 4.74 Å². The largest absolute Gasteiger partial charge is 0.365 e. The molecule has 1 heterocycles. The molecule has 2 unspecified atom stereocenters. The first-order chi connectivity index (χ1) is 5.54. The van der Waals surface area contributed by atoms with Crippen LogP contribution in [0.15, 0.2) is 0 Å². The van der Waals surface area contributed by atoms with E-state index in [9.17, 15) is 0 Å². The van der Waals surface area contributed by atoms with Gasteiger partial charge in [-0.3, -0.25) is 5.32 Å². The van der Waals surface area contributed by atoms with Gasteiger partial charge in [-0.1, -0.05) is 20.8 Å². The lowest BCUT2D eigenvalue weighted by Gasteiger charge is -2.38. The highest BCUT2D eigenvalue weighted by molar-refractivity contribution is 4.87. The van der Waals surface area contributed by atoms with Gasteiger partial charge in [0.1, 0.15) is 6.23 Å². The van der Waals surface area contributed by atoms with Crippen LogP contribution in [0.1, 0.15) is 20.8 Å². The average Bonchev–Trinajstić information content (AvgIpc) is 2.03. The van der Waals surface area contributed by atoms with Crippen molar-refractivity contribution in [2.24, 2.45) is 5.41 Å². The minimum atomic E-state index is 0.184. The number of ether oxygens (including phenoxy) is 1. The zero-order chi connectivity index (χ0) is 9.19. The Bertz CT molecular complexity index is 134. The van der Waals surface area contributed by atoms with E-state index in [-0.39, 0.29) is 6.23 Å². The lowest BCUT2D eigenvalue weighted by Crippen LogP contribution is -2.59. The molecule has 0 aromatic rings. The third-order valence-electron chi connectivity index (χ3n) is 2.43. The summed E-state index contributed by atoms with van der Waals surface area (Å²) in [6.45, 7) is 8.64. The maximum atomic E-state index is 5.18. The highest BCUT2D eigenvalue weighted by atomic mass is 16.5. The van der Waals surface area contributed by atoms with Gasteiger partial charge in [0.2, 0.25) is 0 Å². The van der Waals surface area contributed by atoms with E-state index in [0.29, 0.717) is 11.5 Å². The maximum Gasteiger partial charge on any atom is 0.120 e. The van der Waals surface area contributed by atoms with Crippen LogP contribution in [0.25, 0.3) is 0 Å². The van der Waals surface area contributed by atoms with Gasteiger partial charge in [-0.05, 0) is 5.41 Å². The van der Waals surface area contributed by atoms with Crippen molar-refractivity contribution in [1.82, 2.24) is 10.6 Å². The average molecular weight is 172 g/mol. The number of rotatable bonds is 1. The van der Waals surface area contributed by atoms with Gasteiger partial charge in [0, 0.05) is 26.2 Å². The zero-order valence-electron chi connectivity index (χ0n) is 8.48. The van der Waals surface area contributed by atoms with Crippen LogP contribution in [0.5, 0.6) is 0 Å². The Kier molecular flexibility index (Phi) is 3.09. The minimum absolute atomic E-state index is 0.184. The van der Waals surface area contributed by atoms with E-state index >= 15 is 0 Å². The Hall–Kier alpha value is -0.120. The highest BCUT2D eigenvalue weighted by Gasteiger charge is 2.28. The van der Waals surface area contributed by atoms with Crippen LogP contribution in [-0.4, -0.2) is 32.5 Å². The third kappa shape index (κ3) is 2.44. The van der Waals surface area contributed by atoms with Crippen LogP contribution in [0.3, 0.4) is 0 Å². The predicted octanol–water partition coefficient (Wildman–Crippen LogP) is 0.566. The first-order valence-corrected chi connectivity index (χ1v) is 4.53. The second kappa shape index (κ2) is 3.73. The molecule has 0 aromatic heterocycles. The van der Waals surface area contributed by atoms with Crippen molar-refractivity contribution in [3.63, 3.8) is 0 Å². The van der Waals surface area contributed by atoms with Crippen LogP contribution in [-0.2, 0) is 4.74 Å². The van der Waals surface area contributed by atoms with E-state index < -0.39 is 0 Å². The maximum absolute atomic E-state index is 5.18. The van der Waals surface area contributed by atoms with E-state index in [1.165, 1.54) is 0 Å². The molecule has 72 valence electrons. The number of methoxy groups -OCH3 is 1. The zero-order valence-corrected chi connectivity index (χ0v) is 8.48. The fourth-order valence-corrected chi connectivity index (χ4v) is 1.42. The molecule has 0 spiro atoms. The summed E-state index contributed by atoms with van der Waals surface area (Å²) in [6.07, 6.45) is 0.184. The lowest BCUT2D eigenvalue weighted by atomic mass is 9.86. The Morgan fingerprint density at radius 2 is 1.83 bits per heavy atom. The molecule has 3 nitrogen and oxygen atoms in total. The molecule has 0 aromatic carbocycles. The molecule has 1 fully saturated rings. The molecule has 3 heteroatoms. The van der Waals surface area contributed by atoms with Crippen LogP contribution in [0.4, 0.5) is 0 Å². The Balaban J connectivity index is 2.36. The molecule has 0 bridgehead atoms. The van der Waals surface area contributed by atoms with Crippen LogP contribution < -0.4 is 10.6 Å². The molecule has 12 heavy (non-hydrogen) atoms. The van der Waals surface area contributed by atoms with Crippen molar-refractivity contribution in [3.05, 3.63) is 0 Å². The van der Waals surface area contributed by atoms with E-state index in [4.69, 9.17) is 4.74 Å². The number of piperazine rings is 1. The standard InChI is InChI=1S/C9H20N2O/c1-9(2,3)7-5-11-8(12-4)6-10-7/h7-8,10-11H,5-6H2,1-4H3. The van der Waals surface area contributed by atoms with Crippen molar-refractivity contribution in [3.8, 4) is 0 Å². The van der Waals surface area contributed by atoms with Crippen LogP contribution in [0, 0.1) is 5.41 Å². The van der Waals surface area contributed by atoms with Crippen LogP contribution >= 0.6 is 0 Å². The van der Waals surface area contributed by atoms with Gasteiger partial charge in [-0.2, -0.15) is 0 Å². The molecule has 0 radical (unpaired) electrons. The SMILES string of the molecule is COC1CNC(C(C)(C)C)CN1. The van der Waals surface area contributed by atoms with Crippen molar-refractivity contribution >= 4 is 0 Å². The van der Waals surface area contributed by atoms with E-state index in [1.54, 1.807) is 7.11 Å². The van der Waals surface area contributed by atoms with Gasteiger partial charge < -0.3 is 10.1 Å². The summed E-state index contributed by atoms with van der Waals surface area (Å²) in [5, 5.41) is 6.81. The van der Waals surface area contributed by atoms with Gasteiger partial charge >= 0.3 is 0 Å². The third-order valence-corrected chi connectivity index (χ3v) is 2.43. The molecule has 2 atom stereocenters. The highest BCUT2D eigenvalue weighted by Crippen LogP contribution is 2.19. The first-order valence-electron chi connectivity index (χ1n) is 4.53. The molecule has 1 saturated heterocycles. The van der Waals surface area contributed by atoms with Crippen LogP contribution in [0.2, 0.25) is 0 Å². The Morgan fingerprint density at radius 1 is 1.17 bits per heavy atom. The smallest absolute Gasteiger partial charge is 0.120 e. The summed E-state index contributed by atoms with van der Waals surface area (Å²) in [4.78, 5) is 0. The summed E-state index contributed by atoms with van der Waals surface area (Å²) in [5.74, 6) is 0. The molecule has 1 rings (SSSR count). The van der Waals surface area contributed by atoms with Gasteiger partial charge in [0.15, 0.2) is 0 Å². The molecule has 1 aliphatic heterocycles. The fourth-order valence-electron chi connectivity index (χ4n) is 1.42. The molecule has 2 N–H and O–H groups in total. The Morgan fingerprint density at radius 3 is 2.17 bits per heavy atom.